The van der Waals surface area contributed by atoms with Gasteiger partial charge in [-0.2, -0.15) is 17.0 Å². The monoisotopic (exact) mass is 429 g/mol. The summed E-state index contributed by atoms with van der Waals surface area (Å²) >= 11 is 1.62. The second kappa shape index (κ2) is 7.64. The highest BCUT2D eigenvalue weighted by Crippen LogP contribution is 2.38. The molecule has 0 spiro atoms. The fourth-order valence-electron chi connectivity index (χ4n) is 4.14. The third-order valence-corrected chi connectivity index (χ3v) is 8.61. The fourth-order valence-corrected chi connectivity index (χ4v) is 6.72. The van der Waals surface area contributed by atoms with Crippen LogP contribution in [0.25, 0.3) is 21.3 Å². The van der Waals surface area contributed by atoms with Gasteiger partial charge in [0.25, 0.3) is 10.2 Å². The van der Waals surface area contributed by atoms with Crippen molar-refractivity contribution < 1.29 is 8.42 Å². The predicted octanol–water partition coefficient (Wildman–Crippen LogP) is 2.82. The molecule has 2 fully saturated rings. The zero-order valence-corrected chi connectivity index (χ0v) is 17.7. The molecule has 1 aromatic carbocycles. The van der Waals surface area contributed by atoms with Gasteiger partial charge in [0.1, 0.15) is 17.0 Å². The molecule has 29 heavy (non-hydrogen) atoms. The Bertz CT molecular complexity index is 1100. The molecular formula is C20H23N5O2S2. The zero-order chi connectivity index (χ0) is 19.8. The molecule has 0 atom stereocenters. The summed E-state index contributed by atoms with van der Waals surface area (Å²) in [6.45, 7) is 3.51. The van der Waals surface area contributed by atoms with Crippen molar-refractivity contribution in [1.29, 1.82) is 0 Å². The third kappa shape index (κ3) is 3.42. The predicted molar refractivity (Wildman–Crippen MR) is 116 cm³/mol. The summed E-state index contributed by atoms with van der Waals surface area (Å²) < 4.78 is 28.9. The minimum Gasteiger partial charge on any atom is -0.353 e. The van der Waals surface area contributed by atoms with Gasteiger partial charge in [0.05, 0.1) is 5.39 Å². The topological polar surface area (TPSA) is 69.6 Å². The Morgan fingerprint density at radius 1 is 0.862 bits per heavy atom. The summed E-state index contributed by atoms with van der Waals surface area (Å²) in [5.41, 5.74) is 2.28. The highest BCUT2D eigenvalue weighted by molar-refractivity contribution is 7.86. The smallest absolute Gasteiger partial charge is 0.282 e. The summed E-state index contributed by atoms with van der Waals surface area (Å²) in [7, 11) is -3.34. The Labute approximate surface area is 174 Å². The quantitative estimate of drug-likeness (QED) is 0.638. The van der Waals surface area contributed by atoms with E-state index in [0.717, 1.165) is 40.0 Å². The summed E-state index contributed by atoms with van der Waals surface area (Å²) in [5, 5.41) is 3.19. The Hall–Kier alpha value is -2.07. The van der Waals surface area contributed by atoms with Gasteiger partial charge in [0.2, 0.25) is 0 Å². The maximum absolute atomic E-state index is 12.9. The number of rotatable bonds is 4. The lowest BCUT2D eigenvalue weighted by Crippen LogP contribution is -2.52. The molecule has 0 saturated carbocycles. The lowest BCUT2D eigenvalue weighted by Gasteiger charge is -2.36. The van der Waals surface area contributed by atoms with Gasteiger partial charge in [-0.1, -0.05) is 30.3 Å². The molecule has 5 rings (SSSR count). The van der Waals surface area contributed by atoms with Gasteiger partial charge >= 0.3 is 0 Å². The second-order valence-corrected chi connectivity index (χ2v) is 10.2. The summed E-state index contributed by atoms with van der Waals surface area (Å²) in [5.74, 6) is 0.897. The van der Waals surface area contributed by atoms with E-state index in [1.807, 2.05) is 18.2 Å². The number of aromatic nitrogens is 2. The number of hydrogen-bond acceptors (Lipinski definition) is 6. The molecule has 2 saturated heterocycles. The number of benzene rings is 1. The normalized spacial score (nSPS) is 19.2. The standard InChI is InChI=1S/C20H23N5O2S2/c26-29(27,24-8-4-5-9-24)25-12-10-23(11-13-25)19-18-17(16-6-2-1-3-7-16)14-28-20(18)22-15-21-19/h1-3,6-7,14-15H,4-5,8-13H2. The molecule has 0 radical (unpaired) electrons. The van der Waals surface area contributed by atoms with Crippen LogP contribution in [0.2, 0.25) is 0 Å². The van der Waals surface area contributed by atoms with Crippen LogP contribution in [0.3, 0.4) is 0 Å². The molecule has 0 bridgehead atoms. The number of thiophene rings is 1. The number of nitrogens with zero attached hydrogens (tertiary/aromatic N) is 5. The zero-order valence-electron chi connectivity index (χ0n) is 16.1. The first-order valence-electron chi connectivity index (χ1n) is 9.92. The van der Waals surface area contributed by atoms with E-state index in [1.165, 1.54) is 0 Å². The lowest BCUT2D eigenvalue weighted by molar-refractivity contribution is 0.343. The Morgan fingerprint density at radius 2 is 1.55 bits per heavy atom. The van der Waals surface area contributed by atoms with Crippen LogP contribution in [0.15, 0.2) is 42.0 Å². The minimum absolute atomic E-state index is 0.481. The van der Waals surface area contributed by atoms with Crippen LogP contribution in [0.4, 0.5) is 5.82 Å². The van der Waals surface area contributed by atoms with Crippen molar-refractivity contribution in [3.05, 3.63) is 42.0 Å². The Kier molecular flexibility index (Phi) is 4.99. The summed E-state index contributed by atoms with van der Waals surface area (Å²) in [6, 6.07) is 10.3. The molecule has 2 aromatic heterocycles. The summed E-state index contributed by atoms with van der Waals surface area (Å²) in [4.78, 5) is 12.2. The van der Waals surface area contributed by atoms with Crippen LogP contribution in [0, 0.1) is 0 Å². The van der Waals surface area contributed by atoms with Crippen LogP contribution in [-0.4, -0.2) is 66.3 Å². The average molecular weight is 430 g/mol. The van der Waals surface area contributed by atoms with E-state index < -0.39 is 10.2 Å². The molecule has 2 aliphatic rings. The maximum atomic E-state index is 12.9. The molecule has 0 aliphatic carbocycles. The largest absolute Gasteiger partial charge is 0.353 e. The molecular weight excluding hydrogens is 406 g/mol. The SMILES string of the molecule is O=S(=O)(N1CCCC1)N1CCN(c2ncnc3scc(-c4ccccc4)c23)CC1. The second-order valence-electron chi connectivity index (χ2n) is 7.39. The molecule has 0 amide bonds. The molecule has 0 unspecified atom stereocenters. The van der Waals surface area contributed by atoms with E-state index in [0.29, 0.717) is 39.3 Å². The minimum atomic E-state index is -3.34. The van der Waals surface area contributed by atoms with Crippen molar-refractivity contribution >= 4 is 37.6 Å². The van der Waals surface area contributed by atoms with Crippen LogP contribution < -0.4 is 4.90 Å². The van der Waals surface area contributed by atoms with Crippen LogP contribution in [-0.2, 0) is 10.2 Å². The Balaban J connectivity index is 1.42. The molecule has 4 heterocycles. The van der Waals surface area contributed by atoms with Crippen molar-refractivity contribution in [3.8, 4) is 11.1 Å². The Morgan fingerprint density at radius 3 is 2.28 bits per heavy atom. The third-order valence-electron chi connectivity index (χ3n) is 5.69. The van der Waals surface area contributed by atoms with Crippen molar-refractivity contribution in [3.63, 3.8) is 0 Å². The molecule has 9 heteroatoms. The first-order chi connectivity index (χ1) is 14.1. The van der Waals surface area contributed by atoms with Crippen molar-refractivity contribution in [1.82, 2.24) is 18.6 Å². The van der Waals surface area contributed by atoms with Crippen LogP contribution >= 0.6 is 11.3 Å². The maximum Gasteiger partial charge on any atom is 0.282 e. The highest BCUT2D eigenvalue weighted by atomic mass is 32.2. The lowest BCUT2D eigenvalue weighted by atomic mass is 10.1. The highest BCUT2D eigenvalue weighted by Gasteiger charge is 2.34. The fraction of sp³-hybridized carbons (Fsp3) is 0.400. The van der Waals surface area contributed by atoms with Gasteiger partial charge in [-0.25, -0.2) is 9.97 Å². The number of hydrogen-bond donors (Lipinski definition) is 0. The van der Waals surface area contributed by atoms with Gasteiger partial charge in [-0.15, -0.1) is 11.3 Å². The number of anilines is 1. The van der Waals surface area contributed by atoms with Gasteiger partial charge in [-0.3, -0.25) is 0 Å². The van der Waals surface area contributed by atoms with Crippen LogP contribution in [0.5, 0.6) is 0 Å². The number of piperazine rings is 1. The molecule has 0 N–H and O–H groups in total. The average Bonchev–Trinajstić information content (AvgIpc) is 3.45. The van der Waals surface area contributed by atoms with Crippen molar-refractivity contribution in [2.24, 2.45) is 0 Å². The van der Waals surface area contributed by atoms with Gasteiger partial charge < -0.3 is 4.90 Å². The number of fused-ring (bicyclic) bond motifs is 1. The van der Waals surface area contributed by atoms with E-state index >= 15 is 0 Å². The first kappa shape index (κ1) is 18.9. The van der Waals surface area contributed by atoms with Gasteiger partial charge in [0, 0.05) is 50.2 Å². The van der Waals surface area contributed by atoms with Crippen LogP contribution in [0.1, 0.15) is 12.8 Å². The van der Waals surface area contributed by atoms with Gasteiger partial charge in [-0.05, 0) is 18.4 Å². The van der Waals surface area contributed by atoms with E-state index in [4.69, 9.17) is 0 Å². The van der Waals surface area contributed by atoms with E-state index in [1.54, 1.807) is 26.3 Å². The molecule has 7 nitrogen and oxygen atoms in total. The van der Waals surface area contributed by atoms with Gasteiger partial charge in [0.15, 0.2) is 0 Å². The van der Waals surface area contributed by atoms with Crippen molar-refractivity contribution in [2.45, 2.75) is 12.8 Å². The molecule has 2 aliphatic heterocycles. The van der Waals surface area contributed by atoms with E-state index in [2.05, 4.69) is 32.4 Å². The molecule has 3 aromatic rings. The van der Waals surface area contributed by atoms with E-state index in [-0.39, 0.29) is 0 Å². The molecule has 152 valence electrons. The first-order valence-corrected chi connectivity index (χ1v) is 12.2. The summed E-state index contributed by atoms with van der Waals surface area (Å²) in [6.07, 6.45) is 3.52. The van der Waals surface area contributed by atoms with E-state index in [9.17, 15) is 8.42 Å². The van der Waals surface area contributed by atoms with Crippen molar-refractivity contribution in [2.75, 3.05) is 44.2 Å².